The van der Waals surface area contributed by atoms with Gasteiger partial charge in [0.05, 0.1) is 24.0 Å². The van der Waals surface area contributed by atoms with Crippen molar-refractivity contribution in [2.75, 3.05) is 16.8 Å². The van der Waals surface area contributed by atoms with E-state index in [0.717, 1.165) is 17.8 Å². The number of hydrogen-bond donors (Lipinski definition) is 2. The molecule has 0 saturated carbocycles. The zero-order valence-electron chi connectivity index (χ0n) is 11.6. The number of benzene rings is 2. The van der Waals surface area contributed by atoms with Crippen LogP contribution in [0.1, 0.15) is 29.6 Å². The van der Waals surface area contributed by atoms with E-state index in [0.29, 0.717) is 6.54 Å². The van der Waals surface area contributed by atoms with Crippen LogP contribution in [0, 0.1) is 0 Å². The lowest BCUT2D eigenvalue weighted by Gasteiger charge is -2.36. The number of hydrogen-bond acceptors (Lipinski definition) is 3. The molecule has 2 aliphatic rings. The molecule has 4 rings (SSSR count). The second kappa shape index (κ2) is 4.60. The highest BCUT2D eigenvalue weighted by atomic mass is 16.2. The molecule has 3 N–H and O–H groups in total. The zero-order valence-corrected chi connectivity index (χ0v) is 11.6. The summed E-state index contributed by atoms with van der Waals surface area (Å²) in [6.07, 6.45) is 0.848. The minimum absolute atomic E-state index is 0.0339. The Morgan fingerprint density at radius 1 is 1.05 bits per heavy atom. The van der Waals surface area contributed by atoms with E-state index >= 15 is 0 Å². The lowest BCUT2D eigenvalue weighted by molar-refractivity contribution is -0.115. The van der Waals surface area contributed by atoms with Gasteiger partial charge in [-0.1, -0.05) is 36.4 Å². The molecule has 1 amide bonds. The van der Waals surface area contributed by atoms with Crippen LogP contribution in [0.15, 0.2) is 48.5 Å². The number of fused-ring (bicyclic) bond motifs is 2. The lowest BCUT2D eigenvalue weighted by Crippen LogP contribution is -2.40. The summed E-state index contributed by atoms with van der Waals surface area (Å²) >= 11 is 0. The maximum Gasteiger partial charge on any atom is 0.243 e. The fourth-order valence-corrected chi connectivity index (χ4v) is 3.48. The summed E-state index contributed by atoms with van der Waals surface area (Å²) in [4.78, 5) is 14.2. The van der Waals surface area contributed by atoms with Crippen LogP contribution < -0.4 is 16.0 Å². The molecule has 0 bridgehead atoms. The van der Waals surface area contributed by atoms with Gasteiger partial charge in [0.1, 0.15) is 0 Å². The molecule has 2 aromatic carbocycles. The molecule has 0 fully saturated rings. The highest BCUT2D eigenvalue weighted by molar-refractivity contribution is 6.01. The van der Waals surface area contributed by atoms with Crippen molar-refractivity contribution in [3.8, 4) is 0 Å². The van der Waals surface area contributed by atoms with Gasteiger partial charge in [-0.25, -0.2) is 0 Å². The van der Waals surface area contributed by atoms with Crippen molar-refractivity contribution in [1.29, 1.82) is 0 Å². The summed E-state index contributed by atoms with van der Waals surface area (Å²) in [7, 11) is 0. The standard InChI is InChI=1S/C17H17N3O/c18-13-9-16(12-6-2-1-5-11(12)13)20-10-17(21)19-14-7-3-4-8-15(14)20/h1-8,13,16H,9-10,18H2,(H,19,21). The average molecular weight is 279 g/mol. The Bertz CT molecular complexity index is 713. The molecular weight excluding hydrogens is 262 g/mol. The number of carbonyl (C=O) groups excluding carboxylic acids is 1. The highest BCUT2D eigenvalue weighted by Crippen LogP contribution is 2.45. The largest absolute Gasteiger partial charge is 0.353 e. The Morgan fingerprint density at radius 2 is 1.76 bits per heavy atom. The minimum atomic E-state index is 0.0339. The molecule has 2 unspecified atom stereocenters. The maximum atomic E-state index is 12.0. The van der Waals surface area contributed by atoms with E-state index in [1.165, 1.54) is 11.1 Å². The first-order valence-corrected chi connectivity index (χ1v) is 7.24. The maximum absolute atomic E-state index is 12.0. The third-order valence-corrected chi connectivity index (χ3v) is 4.41. The third-order valence-electron chi connectivity index (χ3n) is 4.41. The van der Waals surface area contributed by atoms with Crippen LogP contribution in [-0.2, 0) is 4.79 Å². The lowest BCUT2D eigenvalue weighted by atomic mass is 10.0. The molecule has 2 aromatic rings. The van der Waals surface area contributed by atoms with Crippen LogP contribution >= 0.6 is 0 Å². The molecular formula is C17H17N3O. The van der Waals surface area contributed by atoms with Crippen LogP contribution in [-0.4, -0.2) is 12.5 Å². The minimum Gasteiger partial charge on any atom is -0.353 e. The Hall–Kier alpha value is -2.33. The summed E-state index contributed by atoms with van der Waals surface area (Å²) in [6.45, 7) is 0.378. The smallest absolute Gasteiger partial charge is 0.243 e. The highest BCUT2D eigenvalue weighted by Gasteiger charge is 2.35. The van der Waals surface area contributed by atoms with Crippen LogP contribution in [0.25, 0.3) is 0 Å². The van der Waals surface area contributed by atoms with Crippen molar-refractivity contribution in [2.24, 2.45) is 5.73 Å². The van der Waals surface area contributed by atoms with Gasteiger partial charge in [-0.3, -0.25) is 4.79 Å². The van der Waals surface area contributed by atoms with E-state index in [1.54, 1.807) is 0 Å². The molecule has 2 atom stereocenters. The Labute approximate surface area is 123 Å². The fourth-order valence-electron chi connectivity index (χ4n) is 3.48. The zero-order chi connectivity index (χ0) is 14.4. The quantitative estimate of drug-likeness (QED) is 0.843. The van der Waals surface area contributed by atoms with Crippen molar-refractivity contribution in [3.63, 3.8) is 0 Å². The van der Waals surface area contributed by atoms with E-state index < -0.39 is 0 Å². The molecule has 21 heavy (non-hydrogen) atoms. The molecule has 0 saturated heterocycles. The number of nitrogens with zero attached hydrogens (tertiary/aromatic N) is 1. The van der Waals surface area contributed by atoms with E-state index in [1.807, 2.05) is 30.3 Å². The molecule has 4 nitrogen and oxygen atoms in total. The number of nitrogens with one attached hydrogen (secondary N) is 1. The van der Waals surface area contributed by atoms with Gasteiger partial charge in [0, 0.05) is 6.04 Å². The Morgan fingerprint density at radius 3 is 2.62 bits per heavy atom. The summed E-state index contributed by atoms with van der Waals surface area (Å²) in [5.74, 6) is 0.0339. The predicted molar refractivity (Wildman–Crippen MR) is 83.1 cm³/mol. The van der Waals surface area contributed by atoms with E-state index in [4.69, 9.17) is 5.73 Å². The molecule has 1 aliphatic heterocycles. The predicted octanol–water partition coefficient (Wildman–Crippen LogP) is 2.59. The normalized spacial score (nSPS) is 23.5. The first-order chi connectivity index (χ1) is 10.2. The van der Waals surface area contributed by atoms with Crippen molar-refractivity contribution in [1.82, 2.24) is 0 Å². The van der Waals surface area contributed by atoms with Crippen LogP contribution in [0.2, 0.25) is 0 Å². The van der Waals surface area contributed by atoms with E-state index in [9.17, 15) is 4.79 Å². The van der Waals surface area contributed by atoms with Gasteiger partial charge in [0.2, 0.25) is 5.91 Å². The molecule has 1 heterocycles. The van der Waals surface area contributed by atoms with E-state index in [-0.39, 0.29) is 18.0 Å². The summed E-state index contributed by atoms with van der Waals surface area (Å²) < 4.78 is 0. The Balaban J connectivity index is 1.80. The van der Waals surface area contributed by atoms with Gasteiger partial charge < -0.3 is 16.0 Å². The van der Waals surface area contributed by atoms with Crippen molar-refractivity contribution < 1.29 is 4.79 Å². The number of nitrogens with two attached hydrogens (primary N) is 1. The molecule has 0 aromatic heterocycles. The van der Waals surface area contributed by atoms with Gasteiger partial charge >= 0.3 is 0 Å². The third kappa shape index (κ3) is 1.91. The molecule has 106 valence electrons. The van der Waals surface area contributed by atoms with Gasteiger partial charge in [0.15, 0.2) is 0 Å². The number of carbonyl (C=O) groups is 1. The number of anilines is 2. The van der Waals surface area contributed by atoms with Gasteiger partial charge in [-0.05, 0) is 29.7 Å². The van der Waals surface area contributed by atoms with Crippen molar-refractivity contribution >= 4 is 17.3 Å². The van der Waals surface area contributed by atoms with Crippen LogP contribution in [0.4, 0.5) is 11.4 Å². The SMILES string of the molecule is NC1CC(N2CC(=O)Nc3ccccc32)c2ccccc21. The second-order valence-electron chi connectivity index (χ2n) is 5.68. The first-order valence-electron chi connectivity index (χ1n) is 7.24. The van der Waals surface area contributed by atoms with Gasteiger partial charge in [-0.2, -0.15) is 0 Å². The fraction of sp³-hybridized carbons (Fsp3) is 0.235. The van der Waals surface area contributed by atoms with Crippen molar-refractivity contribution in [3.05, 3.63) is 59.7 Å². The summed E-state index contributed by atoms with van der Waals surface area (Å²) in [5, 5.41) is 2.94. The summed E-state index contributed by atoms with van der Waals surface area (Å²) in [6, 6.07) is 16.4. The molecule has 4 heteroatoms. The summed E-state index contributed by atoms with van der Waals surface area (Å²) in [5.41, 5.74) is 10.7. The van der Waals surface area contributed by atoms with E-state index in [2.05, 4.69) is 28.4 Å². The van der Waals surface area contributed by atoms with Gasteiger partial charge in [0.25, 0.3) is 0 Å². The Kier molecular flexibility index (Phi) is 2.72. The van der Waals surface area contributed by atoms with Crippen LogP contribution in [0.3, 0.4) is 0 Å². The number of amides is 1. The number of rotatable bonds is 1. The molecule has 0 spiro atoms. The van der Waals surface area contributed by atoms with Crippen LogP contribution in [0.5, 0.6) is 0 Å². The number of para-hydroxylation sites is 2. The first kappa shape index (κ1) is 12.4. The topological polar surface area (TPSA) is 58.4 Å². The van der Waals surface area contributed by atoms with Crippen molar-refractivity contribution in [2.45, 2.75) is 18.5 Å². The second-order valence-corrected chi connectivity index (χ2v) is 5.68. The van der Waals surface area contributed by atoms with Gasteiger partial charge in [-0.15, -0.1) is 0 Å². The average Bonchev–Trinajstić information content (AvgIpc) is 2.84. The monoisotopic (exact) mass is 279 g/mol. The molecule has 1 aliphatic carbocycles. The molecule has 0 radical (unpaired) electrons.